The third-order valence-electron chi connectivity index (χ3n) is 13.3. The molecule has 5 rings (SSSR count). The van der Waals surface area contributed by atoms with Crippen LogP contribution >= 0.6 is 0 Å². The Labute approximate surface area is 284 Å². The lowest BCUT2D eigenvalue weighted by Gasteiger charge is -2.72. The molecule has 0 aromatic heterocycles. The fourth-order valence-corrected chi connectivity index (χ4v) is 11.2. The summed E-state index contributed by atoms with van der Waals surface area (Å²) in [5.74, 6) is 2.31. The molecule has 0 heterocycles. The number of hydrogen-bond acceptors (Lipinski definition) is 1. The smallest absolute Gasteiger partial charge is 0.335 e. The number of fused-ring (bicyclic) bond motifs is 5. The summed E-state index contributed by atoms with van der Waals surface area (Å²) in [5.41, 5.74) is 4.74. The fourth-order valence-electron chi connectivity index (χ4n) is 11.2. The van der Waals surface area contributed by atoms with Gasteiger partial charge in [0.1, 0.15) is 0 Å². The number of allylic oxidation sites excluding steroid dienone is 3. The lowest BCUT2D eigenvalue weighted by molar-refractivity contribution is -0.224. The summed E-state index contributed by atoms with van der Waals surface area (Å²) in [5, 5.41) is 9.37. The largest absolute Gasteiger partial charge is 0.478 e. The van der Waals surface area contributed by atoms with E-state index < -0.39 is 5.97 Å². The molecule has 252 valence electrons. The van der Waals surface area contributed by atoms with Crippen LogP contribution in [0.4, 0.5) is 0 Å². The second-order valence-corrected chi connectivity index (χ2v) is 15.9. The van der Waals surface area contributed by atoms with Gasteiger partial charge in [-0.3, -0.25) is 0 Å². The molecule has 3 saturated carbocycles. The highest BCUT2D eigenvalue weighted by atomic mass is 16.4. The second kappa shape index (κ2) is 16.1. The number of hydrogen-bond donors (Lipinski definition) is 1. The van der Waals surface area contributed by atoms with Gasteiger partial charge in [0.2, 0.25) is 0 Å². The van der Waals surface area contributed by atoms with Crippen molar-refractivity contribution in [2.45, 2.75) is 120 Å². The molecule has 3 fully saturated rings. The first-order chi connectivity index (χ1) is 21.6. The molecule has 0 spiro atoms. The second-order valence-electron chi connectivity index (χ2n) is 15.9. The van der Waals surface area contributed by atoms with E-state index in [2.05, 4.69) is 107 Å². The summed E-state index contributed by atoms with van der Waals surface area (Å²) in [4.78, 5) is 11.4. The maximum Gasteiger partial charge on any atom is 0.335 e. The van der Waals surface area contributed by atoms with E-state index in [4.69, 9.17) is 0 Å². The van der Waals surface area contributed by atoms with Crippen LogP contribution in [0.15, 0.2) is 43.0 Å². The van der Waals surface area contributed by atoms with Crippen molar-refractivity contribution in [3.63, 3.8) is 0 Å². The lowest BCUT2D eigenvalue weighted by Crippen LogP contribution is -2.65. The van der Waals surface area contributed by atoms with Crippen LogP contribution in [0.2, 0.25) is 0 Å². The zero-order valence-electron chi connectivity index (χ0n) is 30.7. The van der Waals surface area contributed by atoms with Gasteiger partial charge in [-0.25, -0.2) is 4.79 Å². The van der Waals surface area contributed by atoms with Crippen molar-refractivity contribution in [1.29, 1.82) is 0 Å². The Morgan fingerprint density at radius 2 is 1.39 bits per heavy atom. The summed E-state index contributed by atoms with van der Waals surface area (Å²) in [7, 11) is 0. The van der Waals surface area contributed by atoms with Crippen molar-refractivity contribution < 1.29 is 9.90 Å². The third-order valence-corrected chi connectivity index (χ3v) is 13.3. The van der Waals surface area contributed by atoms with E-state index in [9.17, 15) is 9.90 Å². The molecule has 1 aromatic rings. The van der Waals surface area contributed by atoms with Crippen molar-refractivity contribution in [2.75, 3.05) is 0 Å². The quantitative estimate of drug-likeness (QED) is 0.267. The summed E-state index contributed by atoms with van der Waals surface area (Å²) in [6.45, 7) is 25.8. The average Bonchev–Trinajstić information content (AvgIpc) is 3.03. The highest BCUT2D eigenvalue weighted by Crippen LogP contribution is 2.76. The van der Waals surface area contributed by atoms with Crippen LogP contribution in [0.5, 0.6) is 0 Å². The van der Waals surface area contributed by atoms with Crippen molar-refractivity contribution in [3.8, 4) is 38.5 Å². The van der Waals surface area contributed by atoms with Crippen LogP contribution in [0.25, 0.3) is 5.57 Å². The molecule has 1 N–H and O–H groups in total. The highest BCUT2D eigenvalue weighted by Gasteiger charge is 2.68. The summed E-state index contributed by atoms with van der Waals surface area (Å²) >= 11 is 0. The fraction of sp³-hybridized carbons (Fsp3) is 0.614. The minimum absolute atomic E-state index is 0.0795. The number of aromatic carboxylic acids is 1. The number of carboxylic acid groups (broad SMARTS) is 1. The van der Waals surface area contributed by atoms with E-state index in [-0.39, 0.29) is 5.41 Å². The van der Waals surface area contributed by atoms with E-state index in [0.29, 0.717) is 33.1 Å². The molecule has 0 aliphatic heterocycles. The van der Waals surface area contributed by atoms with Gasteiger partial charge in [0, 0.05) is 0 Å². The summed E-state index contributed by atoms with van der Waals surface area (Å²) in [6.07, 6.45) is 40.4. The van der Waals surface area contributed by atoms with E-state index in [1.807, 2.05) is 19.1 Å². The molecule has 7 atom stereocenters. The molecule has 4 aliphatic rings. The van der Waals surface area contributed by atoms with E-state index in [0.717, 1.165) is 24.2 Å². The molecule has 0 saturated heterocycles. The van der Waals surface area contributed by atoms with Crippen molar-refractivity contribution in [1.82, 2.24) is 0 Å². The normalized spacial score (nSPS) is 34.3. The molecule has 1 aromatic carbocycles. The Morgan fingerprint density at radius 3 is 1.89 bits per heavy atom. The number of rotatable bonds is 4. The maximum absolute atomic E-state index is 11.4. The van der Waals surface area contributed by atoms with Gasteiger partial charge < -0.3 is 5.11 Å². The predicted molar refractivity (Wildman–Crippen MR) is 200 cm³/mol. The van der Waals surface area contributed by atoms with Gasteiger partial charge >= 0.3 is 5.97 Å². The Bertz CT molecular complexity index is 1240. The first-order valence-corrected chi connectivity index (χ1v) is 17.3. The van der Waals surface area contributed by atoms with Crippen LogP contribution in [0.3, 0.4) is 0 Å². The Balaban J connectivity index is 0.00000107. The van der Waals surface area contributed by atoms with E-state index in [1.54, 1.807) is 18.2 Å². The van der Waals surface area contributed by atoms with E-state index in [1.165, 1.54) is 62.5 Å². The van der Waals surface area contributed by atoms with Crippen molar-refractivity contribution in [2.24, 2.45) is 50.7 Å². The minimum atomic E-state index is -0.848. The monoisotopic (exact) mass is 624 g/mol. The van der Waals surface area contributed by atoms with Crippen molar-refractivity contribution in [3.05, 3.63) is 54.1 Å². The molecule has 2 heteroatoms. The number of terminal acetylenes is 3. The first-order valence-electron chi connectivity index (χ1n) is 17.3. The molecular weight excluding hydrogens is 560 g/mol. The Kier molecular flexibility index (Phi) is 14.3. The van der Waals surface area contributed by atoms with Crippen LogP contribution in [0, 0.1) is 89.3 Å². The Hall–Kier alpha value is -3.15. The van der Waals surface area contributed by atoms with Gasteiger partial charge in [-0.2, -0.15) is 0 Å². The number of carboxylic acids is 1. The van der Waals surface area contributed by atoms with Gasteiger partial charge in [-0.05, 0) is 132 Å². The molecular formula is C44H64O2. The molecule has 4 aliphatic carbocycles. The van der Waals surface area contributed by atoms with Crippen LogP contribution < -0.4 is 0 Å². The zero-order chi connectivity index (χ0) is 35.7. The number of carbonyl (C=O) groups is 1. The summed E-state index contributed by atoms with van der Waals surface area (Å²) in [6, 6.07) is 7.63. The van der Waals surface area contributed by atoms with Gasteiger partial charge in [-0.1, -0.05) is 86.1 Å². The van der Waals surface area contributed by atoms with E-state index >= 15 is 0 Å². The molecule has 3 unspecified atom stereocenters. The van der Waals surface area contributed by atoms with Gasteiger partial charge in [0.15, 0.2) is 0 Å². The average molecular weight is 625 g/mol. The predicted octanol–water partition coefficient (Wildman–Crippen LogP) is 11.8. The maximum atomic E-state index is 11.4. The molecule has 0 radical (unpaired) electrons. The summed E-state index contributed by atoms with van der Waals surface area (Å²) < 4.78 is 0. The van der Waals surface area contributed by atoms with Gasteiger partial charge in [-0.15, -0.1) is 45.1 Å². The van der Waals surface area contributed by atoms with Gasteiger partial charge in [0.25, 0.3) is 0 Å². The van der Waals surface area contributed by atoms with Gasteiger partial charge in [0.05, 0.1) is 5.56 Å². The highest BCUT2D eigenvalue weighted by molar-refractivity contribution is 5.88. The van der Waals surface area contributed by atoms with Crippen LogP contribution in [-0.2, 0) is 0 Å². The van der Waals surface area contributed by atoms with Crippen LogP contribution in [0.1, 0.15) is 136 Å². The minimum Gasteiger partial charge on any atom is -0.478 e. The lowest BCUT2D eigenvalue weighted by atomic mass is 9.32. The first kappa shape index (κ1) is 40.9. The zero-order valence-corrected chi connectivity index (χ0v) is 30.7. The molecule has 0 amide bonds. The van der Waals surface area contributed by atoms with Crippen molar-refractivity contribution >= 4 is 11.5 Å². The molecule has 46 heavy (non-hydrogen) atoms. The third kappa shape index (κ3) is 6.92. The molecule has 2 nitrogen and oxygen atoms in total. The standard InChI is InChI=1S/C35H52O2.C3H6.3C2H2/c1-9-10-26-27-15-16-29-33(6)19-17-25(23-11-13-24(14-12-23)30(36)37)32(4,5)28(33)18-20-35(29,8)34(27,7)22-21-31(26,2)3;1-3-2;3*1-2/h11-14,17,26-29H,9-10,15-16,18-22H2,1-8H3,(H,36,37);3H,1H2,2H3;3*1-2H/t26?,27-,28?,29?,33+,34-,35-;;;;/m1..../s1. The molecule has 0 bridgehead atoms. The Morgan fingerprint density at radius 1 is 0.848 bits per heavy atom. The SMILES string of the molecule is C#C.C#C.C#C.C=CC.CCCC1[C@H]2CCC3[C@@]4(C)CC=C(c5ccc(C(=O)O)cc5)C(C)(C)C4CC[C@@]3(C)[C@]2(C)CCC1(C)C. The number of benzene rings is 1. The topological polar surface area (TPSA) is 37.3 Å². The van der Waals surface area contributed by atoms with Crippen LogP contribution in [-0.4, -0.2) is 11.1 Å².